The van der Waals surface area contributed by atoms with Crippen LogP contribution in [0.5, 0.6) is 0 Å². The normalized spacial score (nSPS) is 10.6. The fourth-order valence-electron chi connectivity index (χ4n) is 2.59. The molecule has 0 fully saturated rings. The first-order valence-corrected chi connectivity index (χ1v) is 9.60. The highest BCUT2D eigenvalue weighted by Gasteiger charge is 2.15. The minimum absolute atomic E-state index is 0.0210. The number of rotatable bonds is 6. The molecule has 2 amide bonds. The highest BCUT2D eigenvalue weighted by molar-refractivity contribution is 7.13. The second-order valence-corrected chi connectivity index (χ2v) is 7.27. The second-order valence-electron chi connectivity index (χ2n) is 6.41. The fraction of sp³-hybridized carbons (Fsp3) is 0.190. The smallest absolute Gasteiger partial charge is 0.253 e. The molecule has 0 saturated heterocycles. The average Bonchev–Trinajstić information content (AvgIpc) is 3.10. The summed E-state index contributed by atoms with van der Waals surface area (Å²) in [6.45, 7) is 3.79. The largest absolute Gasteiger partial charge is 0.350 e. The van der Waals surface area contributed by atoms with Crippen LogP contribution in [0.4, 0.5) is 5.69 Å². The fourth-order valence-corrected chi connectivity index (χ4v) is 3.42. The van der Waals surface area contributed by atoms with Crippen molar-refractivity contribution in [2.24, 2.45) is 0 Å². The van der Waals surface area contributed by atoms with E-state index < -0.39 is 0 Å². The monoisotopic (exact) mass is 379 g/mol. The number of benzene rings is 2. The van der Waals surface area contributed by atoms with Crippen molar-refractivity contribution in [1.29, 1.82) is 0 Å². The lowest BCUT2D eigenvalue weighted by molar-refractivity contribution is -0.115. The first-order valence-electron chi connectivity index (χ1n) is 8.72. The Morgan fingerprint density at radius 3 is 2.48 bits per heavy atom. The standard InChI is InChI=1S/C21H21N3O2S/c1-14(2)22-20(26)17-10-6-7-11-18(17)24-19(25)12-16-13-27-21(23-16)15-8-4-3-5-9-15/h3-11,13-14H,12H2,1-2H3,(H,22,26)(H,24,25). The molecule has 0 radical (unpaired) electrons. The summed E-state index contributed by atoms with van der Waals surface area (Å²) in [7, 11) is 0. The quantitative estimate of drug-likeness (QED) is 0.676. The number of hydrogen-bond acceptors (Lipinski definition) is 4. The van der Waals surface area contributed by atoms with Crippen molar-refractivity contribution in [2.75, 3.05) is 5.32 Å². The highest BCUT2D eigenvalue weighted by Crippen LogP contribution is 2.23. The predicted molar refractivity (Wildman–Crippen MR) is 109 cm³/mol. The maximum Gasteiger partial charge on any atom is 0.253 e. The van der Waals surface area contributed by atoms with Crippen LogP contribution in [0.1, 0.15) is 29.9 Å². The topological polar surface area (TPSA) is 71.1 Å². The zero-order chi connectivity index (χ0) is 19.2. The van der Waals surface area contributed by atoms with E-state index in [0.29, 0.717) is 16.9 Å². The van der Waals surface area contributed by atoms with Gasteiger partial charge in [-0.1, -0.05) is 42.5 Å². The lowest BCUT2D eigenvalue weighted by Crippen LogP contribution is -2.31. The van der Waals surface area contributed by atoms with E-state index in [-0.39, 0.29) is 24.3 Å². The number of nitrogens with one attached hydrogen (secondary N) is 2. The molecule has 0 atom stereocenters. The Bertz CT molecular complexity index is 935. The number of amides is 2. The third kappa shape index (κ3) is 5.01. The molecule has 0 aliphatic carbocycles. The summed E-state index contributed by atoms with van der Waals surface area (Å²) < 4.78 is 0. The van der Waals surface area contributed by atoms with Crippen LogP contribution in [0.25, 0.3) is 10.6 Å². The molecular formula is C21H21N3O2S. The van der Waals surface area contributed by atoms with Gasteiger partial charge in [-0.25, -0.2) is 4.98 Å². The Kier molecular flexibility index (Phi) is 5.98. The molecule has 27 heavy (non-hydrogen) atoms. The van der Waals surface area contributed by atoms with Crippen LogP contribution in [0.15, 0.2) is 60.0 Å². The van der Waals surface area contributed by atoms with Gasteiger partial charge in [0, 0.05) is 17.0 Å². The Morgan fingerprint density at radius 1 is 1.04 bits per heavy atom. The van der Waals surface area contributed by atoms with Crippen molar-refractivity contribution in [3.63, 3.8) is 0 Å². The van der Waals surface area contributed by atoms with E-state index in [1.54, 1.807) is 24.3 Å². The van der Waals surface area contributed by atoms with Gasteiger partial charge in [0.05, 0.1) is 23.4 Å². The summed E-state index contributed by atoms with van der Waals surface area (Å²) in [6, 6.07) is 16.9. The molecular weight excluding hydrogens is 358 g/mol. The van der Waals surface area contributed by atoms with Crippen LogP contribution in [-0.2, 0) is 11.2 Å². The molecule has 2 aromatic carbocycles. The van der Waals surface area contributed by atoms with Crippen LogP contribution in [0.2, 0.25) is 0 Å². The maximum absolute atomic E-state index is 12.4. The average molecular weight is 379 g/mol. The SMILES string of the molecule is CC(C)NC(=O)c1ccccc1NC(=O)Cc1csc(-c2ccccc2)n1. The molecule has 138 valence electrons. The minimum Gasteiger partial charge on any atom is -0.350 e. The number of carbonyl (C=O) groups is 2. The van der Waals surface area contributed by atoms with E-state index in [1.807, 2.05) is 49.6 Å². The Labute approximate surface area is 162 Å². The number of carbonyl (C=O) groups excluding carboxylic acids is 2. The van der Waals surface area contributed by atoms with Gasteiger partial charge in [-0.15, -0.1) is 11.3 Å². The summed E-state index contributed by atoms with van der Waals surface area (Å²) in [5.41, 5.74) is 2.69. The number of anilines is 1. The van der Waals surface area contributed by atoms with Gasteiger partial charge in [-0.3, -0.25) is 9.59 Å². The van der Waals surface area contributed by atoms with Gasteiger partial charge in [-0.05, 0) is 26.0 Å². The maximum atomic E-state index is 12.4. The zero-order valence-corrected chi connectivity index (χ0v) is 16.0. The Balaban J connectivity index is 1.68. The van der Waals surface area contributed by atoms with Gasteiger partial charge in [0.2, 0.25) is 5.91 Å². The van der Waals surface area contributed by atoms with Crippen LogP contribution < -0.4 is 10.6 Å². The molecule has 6 heteroatoms. The second kappa shape index (κ2) is 8.60. The van der Waals surface area contributed by atoms with Crippen LogP contribution in [0, 0.1) is 0 Å². The van der Waals surface area contributed by atoms with Gasteiger partial charge in [-0.2, -0.15) is 0 Å². The van der Waals surface area contributed by atoms with E-state index >= 15 is 0 Å². The number of para-hydroxylation sites is 1. The summed E-state index contributed by atoms with van der Waals surface area (Å²) >= 11 is 1.51. The highest BCUT2D eigenvalue weighted by atomic mass is 32.1. The van der Waals surface area contributed by atoms with E-state index in [2.05, 4.69) is 15.6 Å². The molecule has 1 aromatic heterocycles. The molecule has 0 bridgehead atoms. The third-order valence-electron chi connectivity index (χ3n) is 3.78. The summed E-state index contributed by atoms with van der Waals surface area (Å²) in [6.07, 6.45) is 0.156. The van der Waals surface area contributed by atoms with Crippen molar-refractivity contribution in [2.45, 2.75) is 26.3 Å². The number of nitrogens with zero attached hydrogens (tertiary/aromatic N) is 1. The number of hydrogen-bond donors (Lipinski definition) is 2. The van der Waals surface area contributed by atoms with Crippen LogP contribution in [0.3, 0.4) is 0 Å². The molecule has 0 saturated carbocycles. The molecule has 3 aromatic rings. The molecule has 0 unspecified atom stereocenters. The summed E-state index contributed by atoms with van der Waals surface area (Å²) in [5.74, 6) is -0.411. The van der Waals surface area contributed by atoms with E-state index in [1.165, 1.54) is 11.3 Å². The first kappa shape index (κ1) is 18.8. The predicted octanol–water partition coefficient (Wildman–Crippen LogP) is 4.13. The lowest BCUT2D eigenvalue weighted by Gasteiger charge is -2.12. The van der Waals surface area contributed by atoms with Crippen molar-refractivity contribution in [1.82, 2.24) is 10.3 Å². The van der Waals surface area contributed by atoms with Crippen molar-refractivity contribution in [3.8, 4) is 10.6 Å². The van der Waals surface area contributed by atoms with Gasteiger partial charge >= 0.3 is 0 Å². The zero-order valence-electron chi connectivity index (χ0n) is 15.2. The molecule has 0 aliphatic rings. The molecule has 1 heterocycles. The van der Waals surface area contributed by atoms with Gasteiger partial charge in [0.1, 0.15) is 5.01 Å². The van der Waals surface area contributed by atoms with Crippen LogP contribution in [-0.4, -0.2) is 22.8 Å². The third-order valence-corrected chi connectivity index (χ3v) is 4.72. The van der Waals surface area contributed by atoms with Crippen molar-refractivity contribution >= 4 is 28.8 Å². The van der Waals surface area contributed by atoms with Crippen LogP contribution >= 0.6 is 11.3 Å². The van der Waals surface area contributed by atoms with E-state index in [0.717, 1.165) is 10.6 Å². The molecule has 0 spiro atoms. The Morgan fingerprint density at radius 2 is 1.74 bits per heavy atom. The molecule has 0 aliphatic heterocycles. The van der Waals surface area contributed by atoms with Crippen molar-refractivity contribution < 1.29 is 9.59 Å². The van der Waals surface area contributed by atoms with E-state index in [4.69, 9.17) is 0 Å². The number of thiazole rings is 1. The molecule has 3 rings (SSSR count). The lowest BCUT2D eigenvalue weighted by atomic mass is 10.1. The van der Waals surface area contributed by atoms with Gasteiger partial charge in [0.15, 0.2) is 0 Å². The number of aromatic nitrogens is 1. The minimum atomic E-state index is -0.207. The molecule has 5 nitrogen and oxygen atoms in total. The van der Waals surface area contributed by atoms with Crippen molar-refractivity contribution in [3.05, 3.63) is 71.2 Å². The van der Waals surface area contributed by atoms with Gasteiger partial charge in [0.25, 0.3) is 5.91 Å². The summed E-state index contributed by atoms with van der Waals surface area (Å²) in [4.78, 5) is 29.3. The molecule has 2 N–H and O–H groups in total. The first-order chi connectivity index (χ1) is 13.0. The van der Waals surface area contributed by atoms with Gasteiger partial charge < -0.3 is 10.6 Å². The Hall–Kier alpha value is -2.99. The summed E-state index contributed by atoms with van der Waals surface area (Å²) in [5, 5.41) is 8.44. The van der Waals surface area contributed by atoms with E-state index in [9.17, 15) is 9.59 Å².